The molecule has 1 saturated heterocycles. The fourth-order valence-electron chi connectivity index (χ4n) is 3.69. The van der Waals surface area contributed by atoms with E-state index in [0.29, 0.717) is 43.5 Å². The van der Waals surface area contributed by atoms with Crippen LogP contribution in [0.15, 0.2) is 42.5 Å². The number of nitrogens with one attached hydrogen (secondary N) is 1. The average Bonchev–Trinajstić information content (AvgIpc) is 2.79. The second kappa shape index (κ2) is 10.9. The van der Waals surface area contributed by atoms with E-state index in [1.165, 1.54) is 43.5 Å². The number of halogens is 3. The summed E-state index contributed by atoms with van der Waals surface area (Å²) in [6.45, 7) is -1.83. The highest BCUT2D eigenvalue weighted by Crippen LogP contribution is 2.29. The molecule has 1 heterocycles. The van der Waals surface area contributed by atoms with Crippen LogP contribution in [0.5, 0.6) is 11.5 Å². The molecule has 0 bridgehead atoms. The maximum atomic E-state index is 13.1. The first-order valence-corrected chi connectivity index (χ1v) is 10.3. The number of likely N-dealkylation sites (tertiary alicyclic amines) is 1. The summed E-state index contributed by atoms with van der Waals surface area (Å²) in [5.41, 5.74) is 1.09. The van der Waals surface area contributed by atoms with E-state index < -0.39 is 12.4 Å². The number of hydrogen-bond acceptors (Lipinski definition) is 4. The van der Waals surface area contributed by atoms with Gasteiger partial charge in [0.25, 0.3) is 5.91 Å². The summed E-state index contributed by atoms with van der Waals surface area (Å²) in [6, 6.07) is 10.0. The molecule has 1 N–H and O–H groups in total. The fraction of sp³-hybridized carbons (Fsp3) is 0.391. The molecule has 1 unspecified atom stereocenters. The van der Waals surface area contributed by atoms with Gasteiger partial charge in [-0.3, -0.25) is 9.59 Å². The van der Waals surface area contributed by atoms with Crippen molar-refractivity contribution >= 4 is 11.8 Å². The normalized spacial score (nSPS) is 16.0. The van der Waals surface area contributed by atoms with Crippen molar-refractivity contribution in [3.63, 3.8) is 0 Å². The van der Waals surface area contributed by atoms with Crippen molar-refractivity contribution in [2.75, 3.05) is 26.7 Å². The number of methoxy groups -OCH3 is 1. The lowest BCUT2D eigenvalue weighted by molar-refractivity contribution is -0.126. The van der Waals surface area contributed by atoms with E-state index >= 15 is 0 Å². The minimum atomic E-state index is -2.97. The predicted molar refractivity (Wildman–Crippen MR) is 111 cm³/mol. The van der Waals surface area contributed by atoms with Gasteiger partial charge in [0.05, 0.1) is 13.0 Å². The van der Waals surface area contributed by atoms with Gasteiger partial charge in [-0.05, 0) is 61.2 Å². The van der Waals surface area contributed by atoms with Crippen LogP contribution >= 0.6 is 0 Å². The molecule has 172 valence electrons. The second-order valence-electron chi connectivity index (χ2n) is 7.50. The Balaban J connectivity index is 1.52. The first-order chi connectivity index (χ1) is 15.4. The molecule has 2 aromatic carbocycles. The molecule has 0 radical (unpaired) electrons. The van der Waals surface area contributed by atoms with Crippen LogP contribution < -0.4 is 14.8 Å². The summed E-state index contributed by atoms with van der Waals surface area (Å²) >= 11 is 0. The van der Waals surface area contributed by atoms with Gasteiger partial charge in [0.2, 0.25) is 5.91 Å². The molecule has 32 heavy (non-hydrogen) atoms. The summed E-state index contributed by atoms with van der Waals surface area (Å²) in [5.74, 6) is -1.02. The Labute approximate surface area is 184 Å². The lowest BCUT2D eigenvalue weighted by atomic mass is 9.96. The van der Waals surface area contributed by atoms with E-state index in [1.54, 1.807) is 11.0 Å². The third kappa shape index (κ3) is 6.15. The van der Waals surface area contributed by atoms with E-state index in [4.69, 9.17) is 4.74 Å². The lowest BCUT2D eigenvalue weighted by Crippen LogP contribution is -2.45. The Bertz CT molecular complexity index is 937. The highest BCUT2D eigenvalue weighted by molar-refractivity contribution is 5.94. The highest BCUT2D eigenvalue weighted by atomic mass is 19.3. The summed E-state index contributed by atoms with van der Waals surface area (Å²) in [4.78, 5) is 26.9. The number of hydrogen-bond donors (Lipinski definition) is 1. The Morgan fingerprint density at radius 2 is 1.91 bits per heavy atom. The molecule has 0 aromatic heterocycles. The standard InChI is InChI=1S/C23H25F3N2O4/c1-31-19-9-4-15(13-20(19)32-23(25)26)10-11-27-21(29)17-3-2-12-28(14-17)22(30)16-5-7-18(24)8-6-16/h4-9,13,17,23H,2-3,10-12,14H2,1H3,(H,27,29). The summed E-state index contributed by atoms with van der Waals surface area (Å²) in [6.07, 6.45) is 1.77. The molecule has 2 aromatic rings. The average molecular weight is 450 g/mol. The molecule has 0 aliphatic carbocycles. The largest absolute Gasteiger partial charge is 0.493 e. The maximum Gasteiger partial charge on any atom is 0.387 e. The zero-order valence-corrected chi connectivity index (χ0v) is 17.7. The van der Waals surface area contributed by atoms with E-state index in [-0.39, 0.29) is 35.8 Å². The first kappa shape index (κ1) is 23.4. The van der Waals surface area contributed by atoms with Crippen molar-refractivity contribution in [1.29, 1.82) is 0 Å². The number of ether oxygens (including phenoxy) is 2. The topological polar surface area (TPSA) is 67.9 Å². The Morgan fingerprint density at radius 1 is 1.16 bits per heavy atom. The quantitative estimate of drug-likeness (QED) is 0.667. The molecule has 6 nitrogen and oxygen atoms in total. The molecular formula is C23H25F3N2O4. The van der Waals surface area contributed by atoms with Crippen LogP contribution in [0.3, 0.4) is 0 Å². The molecule has 1 atom stereocenters. The minimum absolute atomic E-state index is 0.0615. The third-order valence-electron chi connectivity index (χ3n) is 5.33. The molecule has 0 saturated carbocycles. The van der Waals surface area contributed by atoms with Crippen LogP contribution in [-0.2, 0) is 11.2 Å². The van der Waals surface area contributed by atoms with Gasteiger partial charge in [-0.1, -0.05) is 6.07 Å². The zero-order valence-electron chi connectivity index (χ0n) is 17.7. The van der Waals surface area contributed by atoms with Gasteiger partial charge in [0.1, 0.15) is 5.82 Å². The molecule has 9 heteroatoms. The Morgan fingerprint density at radius 3 is 2.59 bits per heavy atom. The second-order valence-corrected chi connectivity index (χ2v) is 7.50. The molecule has 3 rings (SSSR count). The molecule has 2 amide bonds. The smallest absolute Gasteiger partial charge is 0.387 e. The zero-order chi connectivity index (χ0) is 23.1. The molecular weight excluding hydrogens is 425 g/mol. The number of alkyl halides is 2. The Hall–Kier alpha value is -3.23. The number of carbonyl (C=O) groups is 2. The van der Waals surface area contributed by atoms with Gasteiger partial charge in [0, 0.05) is 25.2 Å². The molecule has 1 aliphatic heterocycles. The number of carbonyl (C=O) groups excluding carboxylic acids is 2. The number of amides is 2. The number of benzene rings is 2. The summed E-state index contributed by atoms with van der Waals surface area (Å²) in [7, 11) is 1.36. The minimum Gasteiger partial charge on any atom is -0.493 e. The van der Waals surface area contributed by atoms with Crippen molar-refractivity contribution in [2.45, 2.75) is 25.9 Å². The van der Waals surface area contributed by atoms with Crippen LogP contribution in [0.2, 0.25) is 0 Å². The van der Waals surface area contributed by atoms with Crippen molar-refractivity contribution in [2.24, 2.45) is 5.92 Å². The van der Waals surface area contributed by atoms with Crippen molar-refractivity contribution in [3.05, 3.63) is 59.4 Å². The maximum absolute atomic E-state index is 13.1. The van der Waals surface area contributed by atoms with Crippen LogP contribution in [0.4, 0.5) is 13.2 Å². The number of piperidine rings is 1. The van der Waals surface area contributed by atoms with Crippen LogP contribution in [0.1, 0.15) is 28.8 Å². The monoisotopic (exact) mass is 450 g/mol. The van der Waals surface area contributed by atoms with E-state index in [1.807, 2.05) is 0 Å². The number of nitrogens with zero attached hydrogens (tertiary/aromatic N) is 1. The molecule has 1 aliphatic rings. The number of rotatable bonds is 8. The third-order valence-corrected chi connectivity index (χ3v) is 5.33. The van der Waals surface area contributed by atoms with Crippen molar-refractivity contribution < 1.29 is 32.2 Å². The van der Waals surface area contributed by atoms with Crippen molar-refractivity contribution in [3.8, 4) is 11.5 Å². The lowest BCUT2D eigenvalue weighted by Gasteiger charge is -2.32. The van der Waals surface area contributed by atoms with Gasteiger partial charge < -0.3 is 19.7 Å². The van der Waals surface area contributed by atoms with E-state index in [9.17, 15) is 22.8 Å². The molecule has 1 fully saturated rings. The Kier molecular flexibility index (Phi) is 7.97. The van der Waals surface area contributed by atoms with Gasteiger partial charge in [-0.25, -0.2) is 4.39 Å². The fourth-order valence-corrected chi connectivity index (χ4v) is 3.69. The summed E-state index contributed by atoms with van der Waals surface area (Å²) in [5, 5.41) is 2.85. The van der Waals surface area contributed by atoms with E-state index in [2.05, 4.69) is 10.1 Å². The van der Waals surface area contributed by atoms with Gasteiger partial charge in [0.15, 0.2) is 11.5 Å². The molecule has 0 spiro atoms. The van der Waals surface area contributed by atoms with E-state index in [0.717, 1.165) is 0 Å². The van der Waals surface area contributed by atoms with Crippen LogP contribution in [0, 0.1) is 11.7 Å². The SMILES string of the molecule is COc1ccc(CCNC(=O)C2CCCN(C(=O)c3ccc(F)cc3)C2)cc1OC(F)F. The van der Waals surface area contributed by atoms with Crippen molar-refractivity contribution in [1.82, 2.24) is 10.2 Å². The predicted octanol–water partition coefficient (Wildman–Crippen LogP) is 3.65. The van der Waals surface area contributed by atoms with Crippen LogP contribution in [0.25, 0.3) is 0 Å². The summed E-state index contributed by atoms with van der Waals surface area (Å²) < 4.78 is 47.7. The highest BCUT2D eigenvalue weighted by Gasteiger charge is 2.28. The van der Waals surface area contributed by atoms with Gasteiger partial charge in [-0.2, -0.15) is 8.78 Å². The van der Waals surface area contributed by atoms with Gasteiger partial charge in [-0.15, -0.1) is 0 Å². The van der Waals surface area contributed by atoms with Gasteiger partial charge >= 0.3 is 6.61 Å². The first-order valence-electron chi connectivity index (χ1n) is 10.3. The van der Waals surface area contributed by atoms with Crippen LogP contribution in [-0.4, -0.2) is 50.1 Å².